The highest BCUT2D eigenvalue weighted by molar-refractivity contribution is 5.93. The Morgan fingerprint density at radius 3 is 2.40 bits per heavy atom. The number of carbonyl (C=O) groups is 1. The lowest BCUT2D eigenvalue weighted by molar-refractivity contribution is 0.0963. The molecule has 2 rings (SSSR count). The van der Waals surface area contributed by atoms with E-state index in [9.17, 15) is 4.79 Å². The fourth-order valence-corrected chi connectivity index (χ4v) is 1.85. The van der Waals surface area contributed by atoms with E-state index in [0.717, 1.165) is 11.3 Å². The molecule has 0 atom stereocenters. The largest absolute Gasteiger partial charge is 0.462 e. The second kappa shape index (κ2) is 6.88. The van der Waals surface area contributed by atoms with Crippen LogP contribution < -0.4 is 10.6 Å². The van der Waals surface area contributed by atoms with Gasteiger partial charge in [-0.2, -0.15) is 0 Å². The predicted molar refractivity (Wildman–Crippen MR) is 75.0 cm³/mol. The molecular formula is C15H18N2O3. The third-order valence-corrected chi connectivity index (χ3v) is 2.94. The number of aliphatic hydroxyl groups is 1. The summed E-state index contributed by atoms with van der Waals surface area (Å²) < 4.78 is 5.37. The van der Waals surface area contributed by atoms with Gasteiger partial charge in [-0.1, -0.05) is 12.1 Å². The van der Waals surface area contributed by atoms with Crippen LogP contribution in [0.1, 0.15) is 27.4 Å². The molecule has 1 amide bonds. The van der Waals surface area contributed by atoms with Crippen LogP contribution in [0.4, 0.5) is 0 Å². The highest BCUT2D eigenvalue weighted by Crippen LogP contribution is 2.08. The minimum atomic E-state index is -0.0865. The van der Waals surface area contributed by atoms with Crippen molar-refractivity contribution >= 4 is 5.91 Å². The maximum absolute atomic E-state index is 11.4. The molecule has 3 N–H and O–H groups in total. The maximum atomic E-state index is 11.4. The molecule has 5 heteroatoms. The minimum absolute atomic E-state index is 0.0824. The molecular weight excluding hydrogens is 256 g/mol. The lowest BCUT2D eigenvalue weighted by atomic mass is 10.1. The van der Waals surface area contributed by atoms with Crippen LogP contribution in [-0.4, -0.2) is 18.1 Å². The van der Waals surface area contributed by atoms with Gasteiger partial charge in [0.2, 0.25) is 0 Å². The number of furan rings is 1. The molecule has 0 saturated carbocycles. The molecule has 20 heavy (non-hydrogen) atoms. The first-order chi connectivity index (χ1) is 9.72. The van der Waals surface area contributed by atoms with Crippen molar-refractivity contribution in [3.63, 3.8) is 0 Å². The van der Waals surface area contributed by atoms with Gasteiger partial charge in [0, 0.05) is 19.2 Å². The SMILES string of the molecule is CNC(=O)c1ccc(CNCc2ccc(CO)o2)cc1. The highest BCUT2D eigenvalue weighted by atomic mass is 16.4. The van der Waals surface area contributed by atoms with Crippen molar-refractivity contribution in [3.8, 4) is 0 Å². The van der Waals surface area contributed by atoms with E-state index >= 15 is 0 Å². The average molecular weight is 274 g/mol. The van der Waals surface area contributed by atoms with Crippen molar-refractivity contribution in [2.75, 3.05) is 7.05 Å². The van der Waals surface area contributed by atoms with E-state index in [-0.39, 0.29) is 12.5 Å². The Kier molecular flexibility index (Phi) is 4.92. The zero-order valence-corrected chi connectivity index (χ0v) is 11.3. The Labute approximate surface area is 117 Å². The van der Waals surface area contributed by atoms with E-state index in [0.29, 0.717) is 24.4 Å². The van der Waals surface area contributed by atoms with Crippen LogP contribution in [0.2, 0.25) is 0 Å². The first-order valence-electron chi connectivity index (χ1n) is 6.43. The summed E-state index contributed by atoms with van der Waals surface area (Å²) in [6, 6.07) is 11.0. The zero-order chi connectivity index (χ0) is 14.4. The van der Waals surface area contributed by atoms with Gasteiger partial charge in [0.25, 0.3) is 5.91 Å². The number of aliphatic hydroxyl groups excluding tert-OH is 1. The topological polar surface area (TPSA) is 74.5 Å². The van der Waals surface area contributed by atoms with Crippen molar-refractivity contribution in [3.05, 3.63) is 59.0 Å². The number of rotatable bonds is 6. The molecule has 0 fully saturated rings. The number of nitrogens with one attached hydrogen (secondary N) is 2. The summed E-state index contributed by atoms with van der Waals surface area (Å²) in [5.74, 6) is 1.27. The Morgan fingerprint density at radius 1 is 1.10 bits per heavy atom. The number of hydrogen-bond donors (Lipinski definition) is 3. The fourth-order valence-electron chi connectivity index (χ4n) is 1.85. The normalized spacial score (nSPS) is 10.5. The van der Waals surface area contributed by atoms with Gasteiger partial charge in [0.15, 0.2) is 0 Å². The molecule has 1 heterocycles. The molecule has 2 aromatic rings. The fraction of sp³-hybridized carbons (Fsp3) is 0.267. The van der Waals surface area contributed by atoms with Gasteiger partial charge >= 0.3 is 0 Å². The van der Waals surface area contributed by atoms with E-state index in [1.807, 2.05) is 18.2 Å². The zero-order valence-electron chi connectivity index (χ0n) is 11.3. The van der Waals surface area contributed by atoms with Crippen LogP contribution in [0.15, 0.2) is 40.8 Å². The Balaban J connectivity index is 1.83. The molecule has 1 aromatic heterocycles. The van der Waals surface area contributed by atoms with Gasteiger partial charge in [-0.25, -0.2) is 0 Å². The summed E-state index contributed by atoms with van der Waals surface area (Å²) in [5.41, 5.74) is 1.74. The first-order valence-corrected chi connectivity index (χ1v) is 6.43. The van der Waals surface area contributed by atoms with Crippen LogP contribution in [0, 0.1) is 0 Å². The second-order valence-corrected chi connectivity index (χ2v) is 4.41. The quantitative estimate of drug-likeness (QED) is 0.745. The summed E-state index contributed by atoms with van der Waals surface area (Å²) in [5, 5.41) is 14.7. The van der Waals surface area contributed by atoms with Crippen LogP contribution in [0.5, 0.6) is 0 Å². The lowest BCUT2D eigenvalue weighted by Crippen LogP contribution is -2.18. The van der Waals surface area contributed by atoms with Crippen molar-refractivity contribution < 1.29 is 14.3 Å². The molecule has 106 valence electrons. The molecule has 0 aliphatic rings. The molecule has 5 nitrogen and oxygen atoms in total. The summed E-state index contributed by atoms with van der Waals surface area (Å²) in [6.45, 7) is 1.20. The van der Waals surface area contributed by atoms with Gasteiger partial charge in [-0.15, -0.1) is 0 Å². The molecule has 0 aliphatic carbocycles. The number of hydrogen-bond acceptors (Lipinski definition) is 4. The van der Waals surface area contributed by atoms with Crippen LogP contribution in [0.25, 0.3) is 0 Å². The van der Waals surface area contributed by atoms with Crippen LogP contribution in [-0.2, 0) is 19.7 Å². The molecule has 0 radical (unpaired) electrons. The van der Waals surface area contributed by atoms with Gasteiger partial charge in [0.05, 0.1) is 6.54 Å². The molecule has 0 saturated heterocycles. The van der Waals surface area contributed by atoms with E-state index in [1.54, 1.807) is 25.2 Å². The minimum Gasteiger partial charge on any atom is -0.462 e. The summed E-state index contributed by atoms with van der Waals surface area (Å²) >= 11 is 0. The number of amides is 1. The van der Waals surface area contributed by atoms with Crippen molar-refractivity contribution in [1.29, 1.82) is 0 Å². The summed E-state index contributed by atoms with van der Waals surface area (Å²) in [7, 11) is 1.61. The van der Waals surface area contributed by atoms with E-state index < -0.39 is 0 Å². The molecule has 0 spiro atoms. The highest BCUT2D eigenvalue weighted by Gasteiger charge is 2.03. The van der Waals surface area contributed by atoms with Crippen molar-refractivity contribution in [2.45, 2.75) is 19.7 Å². The molecule has 1 aromatic carbocycles. The van der Waals surface area contributed by atoms with Crippen molar-refractivity contribution in [1.82, 2.24) is 10.6 Å². The number of carbonyl (C=O) groups excluding carboxylic acids is 1. The molecule has 0 unspecified atom stereocenters. The van der Waals surface area contributed by atoms with Gasteiger partial charge < -0.3 is 20.2 Å². The molecule has 0 bridgehead atoms. The average Bonchev–Trinajstić information content (AvgIpc) is 2.95. The standard InChI is InChI=1S/C15H18N2O3/c1-16-15(19)12-4-2-11(3-5-12)8-17-9-13-6-7-14(10-18)20-13/h2-7,17-18H,8-10H2,1H3,(H,16,19). The van der Waals surface area contributed by atoms with Crippen LogP contribution >= 0.6 is 0 Å². The third kappa shape index (κ3) is 3.69. The Bertz CT molecular complexity index is 561. The Hall–Kier alpha value is -2.11. The monoisotopic (exact) mass is 274 g/mol. The van der Waals surface area contributed by atoms with E-state index in [2.05, 4.69) is 10.6 Å². The second-order valence-electron chi connectivity index (χ2n) is 4.41. The first kappa shape index (κ1) is 14.3. The number of benzene rings is 1. The van der Waals surface area contributed by atoms with E-state index in [1.165, 1.54) is 0 Å². The lowest BCUT2D eigenvalue weighted by Gasteiger charge is -2.05. The summed E-state index contributed by atoms with van der Waals surface area (Å²) in [6.07, 6.45) is 0. The van der Waals surface area contributed by atoms with Crippen LogP contribution in [0.3, 0.4) is 0 Å². The van der Waals surface area contributed by atoms with E-state index in [4.69, 9.17) is 9.52 Å². The third-order valence-electron chi connectivity index (χ3n) is 2.94. The maximum Gasteiger partial charge on any atom is 0.251 e. The summed E-state index contributed by atoms with van der Waals surface area (Å²) in [4.78, 5) is 11.4. The Morgan fingerprint density at radius 2 is 1.80 bits per heavy atom. The van der Waals surface area contributed by atoms with Crippen molar-refractivity contribution in [2.24, 2.45) is 0 Å². The molecule has 0 aliphatic heterocycles. The van der Waals surface area contributed by atoms with Gasteiger partial charge in [-0.05, 0) is 29.8 Å². The predicted octanol–water partition coefficient (Wildman–Crippen LogP) is 1.42. The van der Waals surface area contributed by atoms with Gasteiger partial charge in [0.1, 0.15) is 18.1 Å². The smallest absolute Gasteiger partial charge is 0.251 e. The van der Waals surface area contributed by atoms with Gasteiger partial charge in [-0.3, -0.25) is 4.79 Å².